The Bertz CT molecular complexity index is 378. The Morgan fingerprint density at radius 1 is 1.54 bits per heavy atom. The minimum atomic E-state index is -0.609. The molecule has 0 aliphatic rings. The molecule has 0 saturated carbocycles. The van der Waals surface area contributed by atoms with E-state index in [1.54, 1.807) is 0 Å². The Labute approximate surface area is 79.3 Å². The van der Waals surface area contributed by atoms with Crippen LogP contribution < -0.4 is 4.73 Å². The molecule has 0 unspecified atom stereocenters. The van der Waals surface area contributed by atoms with Gasteiger partial charge in [0.2, 0.25) is 5.69 Å². The van der Waals surface area contributed by atoms with E-state index < -0.39 is 4.92 Å². The molecule has 5 nitrogen and oxygen atoms in total. The SMILES string of the molecule is Cc1cc([N+](=O)[O-])c(Cl)c(C)[n+]1[O-]. The maximum Gasteiger partial charge on any atom is 0.300 e. The number of pyridine rings is 1. The van der Waals surface area contributed by atoms with Crippen molar-refractivity contribution < 1.29 is 9.65 Å². The molecule has 0 N–H and O–H groups in total. The van der Waals surface area contributed by atoms with Gasteiger partial charge in [0.1, 0.15) is 0 Å². The monoisotopic (exact) mass is 202 g/mol. The van der Waals surface area contributed by atoms with Gasteiger partial charge in [-0.1, -0.05) is 11.6 Å². The minimum absolute atomic E-state index is 0.106. The Morgan fingerprint density at radius 3 is 2.54 bits per heavy atom. The fraction of sp³-hybridized carbons (Fsp3) is 0.286. The van der Waals surface area contributed by atoms with Crippen molar-refractivity contribution in [1.29, 1.82) is 0 Å². The number of aromatic nitrogens is 1. The zero-order valence-electron chi connectivity index (χ0n) is 7.07. The van der Waals surface area contributed by atoms with E-state index in [2.05, 4.69) is 0 Å². The lowest BCUT2D eigenvalue weighted by Gasteiger charge is -2.05. The highest BCUT2D eigenvalue weighted by Gasteiger charge is 2.22. The van der Waals surface area contributed by atoms with Crippen molar-refractivity contribution in [3.63, 3.8) is 0 Å². The summed E-state index contributed by atoms with van der Waals surface area (Å²) >= 11 is 5.60. The number of rotatable bonds is 1. The molecule has 0 fully saturated rings. The highest BCUT2D eigenvalue weighted by Crippen LogP contribution is 2.25. The third kappa shape index (κ3) is 1.55. The molecule has 0 atom stereocenters. The predicted octanol–water partition coefficient (Wildman–Crippen LogP) is 1.50. The third-order valence-electron chi connectivity index (χ3n) is 1.71. The molecule has 0 aromatic carbocycles. The summed E-state index contributed by atoms with van der Waals surface area (Å²) in [7, 11) is 0. The Hall–Kier alpha value is -1.36. The first-order valence-electron chi connectivity index (χ1n) is 3.48. The van der Waals surface area contributed by atoms with Crippen molar-refractivity contribution in [3.8, 4) is 0 Å². The lowest BCUT2D eigenvalue weighted by atomic mass is 10.3. The van der Waals surface area contributed by atoms with Crippen LogP contribution in [0.3, 0.4) is 0 Å². The van der Waals surface area contributed by atoms with Gasteiger partial charge in [0.25, 0.3) is 0 Å². The Kier molecular flexibility index (Phi) is 2.38. The summed E-state index contributed by atoms with van der Waals surface area (Å²) in [5, 5.41) is 21.5. The molecule has 1 aromatic heterocycles. The topological polar surface area (TPSA) is 70.1 Å². The van der Waals surface area contributed by atoms with Crippen LogP contribution in [0, 0.1) is 29.2 Å². The molecule has 13 heavy (non-hydrogen) atoms. The number of halogens is 1. The Morgan fingerprint density at radius 2 is 2.08 bits per heavy atom. The summed E-state index contributed by atoms with van der Waals surface area (Å²) in [6.07, 6.45) is 0. The molecule has 0 spiro atoms. The van der Waals surface area contributed by atoms with Gasteiger partial charge >= 0.3 is 5.69 Å². The van der Waals surface area contributed by atoms with Gasteiger partial charge in [-0.15, -0.1) is 0 Å². The Balaban J connectivity index is 3.50. The van der Waals surface area contributed by atoms with Crippen LogP contribution in [-0.4, -0.2) is 4.92 Å². The van der Waals surface area contributed by atoms with E-state index in [1.807, 2.05) is 0 Å². The number of nitrogens with zero attached hydrogens (tertiary/aromatic N) is 2. The summed E-state index contributed by atoms with van der Waals surface area (Å²) in [6, 6.07) is 1.16. The predicted molar refractivity (Wildman–Crippen MR) is 46.5 cm³/mol. The molecule has 0 aliphatic heterocycles. The molecule has 0 bridgehead atoms. The summed E-state index contributed by atoms with van der Waals surface area (Å²) < 4.78 is 0.565. The van der Waals surface area contributed by atoms with E-state index in [4.69, 9.17) is 11.6 Å². The second kappa shape index (κ2) is 3.18. The lowest BCUT2D eigenvalue weighted by molar-refractivity contribution is -0.619. The zero-order valence-corrected chi connectivity index (χ0v) is 7.83. The fourth-order valence-corrected chi connectivity index (χ4v) is 1.19. The average Bonchev–Trinajstić information content (AvgIpc) is 2.07. The number of hydrogen-bond donors (Lipinski definition) is 0. The highest BCUT2D eigenvalue weighted by molar-refractivity contribution is 6.33. The smallest absolute Gasteiger partial charge is 0.300 e. The molecule has 0 saturated heterocycles. The van der Waals surface area contributed by atoms with Crippen molar-refractivity contribution in [1.82, 2.24) is 0 Å². The van der Waals surface area contributed by atoms with Crippen molar-refractivity contribution >= 4 is 17.3 Å². The highest BCUT2D eigenvalue weighted by atomic mass is 35.5. The summed E-state index contributed by atoms with van der Waals surface area (Å²) in [5.74, 6) is 0. The third-order valence-corrected chi connectivity index (χ3v) is 2.18. The number of nitro groups is 1. The molecular formula is C7H7ClN2O3. The van der Waals surface area contributed by atoms with Crippen LogP contribution in [0.5, 0.6) is 0 Å². The first-order chi connectivity index (χ1) is 5.95. The van der Waals surface area contributed by atoms with E-state index in [0.29, 0.717) is 4.73 Å². The van der Waals surface area contributed by atoms with E-state index in [9.17, 15) is 15.3 Å². The molecule has 1 rings (SSSR count). The maximum atomic E-state index is 11.2. The van der Waals surface area contributed by atoms with E-state index in [1.165, 1.54) is 13.8 Å². The first kappa shape index (κ1) is 9.73. The number of hydrogen-bond acceptors (Lipinski definition) is 3. The molecule has 0 aliphatic carbocycles. The summed E-state index contributed by atoms with van der Waals surface area (Å²) in [6.45, 7) is 2.93. The molecule has 6 heteroatoms. The van der Waals surface area contributed by atoms with Crippen LogP contribution in [0.1, 0.15) is 11.4 Å². The maximum absolute atomic E-state index is 11.2. The van der Waals surface area contributed by atoms with Gasteiger partial charge in [0.05, 0.1) is 11.0 Å². The van der Waals surface area contributed by atoms with Gasteiger partial charge in [0.15, 0.2) is 10.7 Å². The summed E-state index contributed by atoms with van der Waals surface area (Å²) in [4.78, 5) is 9.84. The van der Waals surface area contributed by atoms with Crippen molar-refractivity contribution in [3.05, 3.63) is 37.8 Å². The van der Waals surface area contributed by atoms with Gasteiger partial charge in [0, 0.05) is 13.8 Å². The lowest BCUT2D eigenvalue weighted by Crippen LogP contribution is -2.34. The second-order valence-corrected chi connectivity index (χ2v) is 3.00. The van der Waals surface area contributed by atoms with Crippen molar-refractivity contribution in [2.75, 3.05) is 0 Å². The quantitative estimate of drug-likeness (QED) is 0.300. The molecule has 0 amide bonds. The largest absolute Gasteiger partial charge is 0.618 e. The zero-order chi connectivity index (χ0) is 10.2. The molecule has 1 aromatic rings. The van der Waals surface area contributed by atoms with Crippen LogP contribution in [0.15, 0.2) is 6.07 Å². The van der Waals surface area contributed by atoms with E-state index >= 15 is 0 Å². The molecule has 1 heterocycles. The minimum Gasteiger partial charge on any atom is -0.618 e. The van der Waals surface area contributed by atoms with Crippen molar-refractivity contribution in [2.24, 2.45) is 0 Å². The molecule has 70 valence electrons. The van der Waals surface area contributed by atoms with Crippen molar-refractivity contribution in [2.45, 2.75) is 13.8 Å². The van der Waals surface area contributed by atoms with Gasteiger partial charge in [-0.05, 0) is 0 Å². The second-order valence-electron chi connectivity index (χ2n) is 2.62. The molecular weight excluding hydrogens is 196 g/mol. The van der Waals surface area contributed by atoms with Crippen LogP contribution in [0.25, 0.3) is 0 Å². The van der Waals surface area contributed by atoms with Crippen LogP contribution >= 0.6 is 11.6 Å². The average molecular weight is 203 g/mol. The van der Waals surface area contributed by atoms with E-state index in [-0.39, 0.29) is 22.1 Å². The van der Waals surface area contributed by atoms with Crippen LogP contribution in [0.2, 0.25) is 5.02 Å². The van der Waals surface area contributed by atoms with Gasteiger partial charge < -0.3 is 5.21 Å². The van der Waals surface area contributed by atoms with Gasteiger partial charge in [-0.25, -0.2) is 0 Å². The van der Waals surface area contributed by atoms with E-state index in [0.717, 1.165) is 6.07 Å². The van der Waals surface area contributed by atoms with Gasteiger partial charge in [-0.2, -0.15) is 4.73 Å². The standard InChI is InChI=1S/C7H7ClN2O3/c1-4-3-6(10(12)13)7(8)5(2)9(4)11/h3H,1-2H3. The number of aryl methyl sites for hydroxylation is 1. The van der Waals surface area contributed by atoms with Crippen LogP contribution in [-0.2, 0) is 0 Å². The van der Waals surface area contributed by atoms with Gasteiger partial charge in [-0.3, -0.25) is 10.1 Å². The first-order valence-corrected chi connectivity index (χ1v) is 3.86. The summed E-state index contributed by atoms with van der Waals surface area (Å²) in [5.41, 5.74) is 0.172. The molecule has 0 radical (unpaired) electrons. The normalized spacial score (nSPS) is 10.1. The fourth-order valence-electron chi connectivity index (χ4n) is 0.992. The van der Waals surface area contributed by atoms with Crippen LogP contribution in [0.4, 0.5) is 5.69 Å².